The van der Waals surface area contributed by atoms with E-state index in [1.807, 2.05) is 13.8 Å². The Labute approximate surface area is 113 Å². The largest absolute Gasteiger partial charge is 0.478 e. The molecule has 1 unspecified atom stereocenters. The maximum Gasteiger partial charge on any atom is 0.335 e. The molecule has 19 heavy (non-hydrogen) atoms. The van der Waals surface area contributed by atoms with E-state index < -0.39 is 5.97 Å². The molecule has 0 aliphatic rings. The van der Waals surface area contributed by atoms with Crippen LogP contribution in [0.25, 0.3) is 0 Å². The fraction of sp³-hybridized carbons (Fsp3) is 0.429. The zero-order valence-corrected chi connectivity index (χ0v) is 11.5. The van der Waals surface area contributed by atoms with E-state index in [0.717, 1.165) is 12.8 Å². The molecule has 0 aromatic heterocycles. The van der Waals surface area contributed by atoms with Crippen LogP contribution in [-0.4, -0.2) is 24.0 Å². The molecule has 1 atom stereocenters. The summed E-state index contributed by atoms with van der Waals surface area (Å²) in [7, 11) is 1.65. The van der Waals surface area contributed by atoms with Gasteiger partial charge in [0.2, 0.25) is 5.91 Å². The summed E-state index contributed by atoms with van der Waals surface area (Å²) in [6.07, 6.45) is 1.75. The van der Waals surface area contributed by atoms with Gasteiger partial charge in [-0.3, -0.25) is 4.79 Å². The molecule has 5 nitrogen and oxygen atoms in total. The van der Waals surface area contributed by atoms with E-state index in [9.17, 15) is 9.59 Å². The second-order valence-corrected chi connectivity index (χ2v) is 4.67. The zero-order chi connectivity index (χ0) is 14.6. The van der Waals surface area contributed by atoms with Crippen molar-refractivity contribution in [2.24, 2.45) is 5.92 Å². The summed E-state index contributed by atoms with van der Waals surface area (Å²) in [5.74, 6) is -1.13. The summed E-state index contributed by atoms with van der Waals surface area (Å²) in [5.41, 5.74) is 6.76. The highest BCUT2D eigenvalue weighted by atomic mass is 16.4. The van der Waals surface area contributed by atoms with Crippen LogP contribution in [-0.2, 0) is 4.79 Å². The molecule has 1 aromatic carbocycles. The van der Waals surface area contributed by atoms with Crippen LogP contribution in [0.2, 0.25) is 0 Å². The van der Waals surface area contributed by atoms with Crippen molar-refractivity contribution in [3.8, 4) is 0 Å². The normalized spacial score (nSPS) is 11.9. The number of benzene rings is 1. The van der Waals surface area contributed by atoms with Crippen molar-refractivity contribution in [3.05, 3.63) is 23.8 Å². The number of anilines is 2. The number of carboxylic acids is 1. The van der Waals surface area contributed by atoms with Crippen molar-refractivity contribution in [1.82, 2.24) is 0 Å². The lowest BCUT2D eigenvalue weighted by molar-refractivity contribution is -0.121. The minimum atomic E-state index is -1.04. The van der Waals surface area contributed by atoms with E-state index in [2.05, 4.69) is 0 Å². The van der Waals surface area contributed by atoms with Crippen LogP contribution in [0, 0.1) is 5.92 Å². The molecule has 3 N–H and O–H groups in total. The average molecular weight is 264 g/mol. The molecule has 0 heterocycles. The van der Waals surface area contributed by atoms with Gasteiger partial charge >= 0.3 is 5.97 Å². The van der Waals surface area contributed by atoms with Crippen molar-refractivity contribution in [2.45, 2.75) is 26.7 Å². The molecular formula is C14H20N2O3. The second-order valence-electron chi connectivity index (χ2n) is 4.67. The molecule has 0 saturated carbocycles. The maximum absolute atomic E-state index is 12.2. The Morgan fingerprint density at radius 1 is 1.42 bits per heavy atom. The highest BCUT2D eigenvalue weighted by molar-refractivity contribution is 5.98. The molecule has 1 aromatic rings. The van der Waals surface area contributed by atoms with Gasteiger partial charge in [-0.15, -0.1) is 0 Å². The molecule has 1 amide bonds. The van der Waals surface area contributed by atoms with Gasteiger partial charge in [0.25, 0.3) is 0 Å². The number of amides is 1. The van der Waals surface area contributed by atoms with Crippen LogP contribution < -0.4 is 10.6 Å². The van der Waals surface area contributed by atoms with Crippen LogP contribution in [0.5, 0.6) is 0 Å². The summed E-state index contributed by atoms with van der Waals surface area (Å²) in [5, 5.41) is 8.87. The maximum atomic E-state index is 12.2. The van der Waals surface area contributed by atoms with Gasteiger partial charge in [0.1, 0.15) is 0 Å². The monoisotopic (exact) mass is 264 g/mol. The van der Waals surface area contributed by atoms with Crippen molar-refractivity contribution in [1.29, 1.82) is 0 Å². The fourth-order valence-corrected chi connectivity index (χ4v) is 2.00. The third-order valence-corrected chi connectivity index (χ3v) is 3.11. The van der Waals surface area contributed by atoms with Crippen LogP contribution in [0.1, 0.15) is 37.0 Å². The average Bonchev–Trinajstić information content (AvgIpc) is 2.37. The van der Waals surface area contributed by atoms with E-state index in [0.29, 0.717) is 11.4 Å². The summed E-state index contributed by atoms with van der Waals surface area (Å²) < 4.78 is 0. The van der Waals surface area contributed by atoms with Crippen molar-refractivity contribution >= 4 is 23.3 Å². The first-order valence-electron chi connectivity index (χ1n) is 6.28. The molecule has 0 aliphatic heterocycles. The number of aromatic carboxylic acids is 1. The minimum absolute atomic E-state index is 0.0170. The number of carbonyl (C=O) groups is 2. The lowest BCUT2D eigenvalue weighted by Gasteiger charge is -2.22. The Balaban J connectivity index is 2.97. The third kappa shape index (κ3) is 3.47. The predicted molar refractivity (Wildman–Crippen MR) is 75.3 cm³/mol. The minimum Gasteiger partial charge on any atom is -0.478 e. The van der Waals surface area contributed by atoms with Gasteiger partial charge in [-0.1, -0.05) is 20.3 Å². The van der Waals surface area contributed by atoms with Crippen molar-refractivity contribution in [3.63, 3.8) is 0 Å². The summed E-state index contributed by atoms with van der Waals surface area (Å²) >= 11 is 0. The van der Waals surface area contributed by atoms with Gasteiger partial charge < -0.3 is 15.7 Å². The Morgan fingerprint density at radius 3 is 2.53 bits per heavy atom. The molecule has 0 bridgehead atoms. The first kappa shape index (κ1) is 15.0. The number of nitrogens with two attached hydrogens (primary N) is 1. The quantitative estimate of drug-likeness (QED) is 0.800. The number of carboxylic acid groups (broad SMARTS) is 1. The number of nitrogen functional groups attached to an aromatic ring is 1. The highest BCUT2D eigenvalue weighted by Gasteiger charge is 2.20. The van der Waals surface area contributed by atoms with E-state index in [-0.39, 0.29) is 17.4 Å². The lowest BCUT2D eigenvalue weighted by atomic mass is 10.0. The molecule has 0 spiro atoms. The molecular weight excluding hydrogens is 244 g/mol. The van der Waals surface area contributed by atoms with Gasteiger partial charge in [-0.25, -0.2) is 4.79 Å². The molecule has 5 heteroatoms. The van der Waals surface area contributed by atoms with E-state index >= 15 is 0 Å². The Kier molecular flexibility index (Phi) is 4.92. The van der Waals surface area contributed by atoms with Crippen LogP contribution in [0.3, 0.4) is 0 Å². The molecule has 1 rings (SSSR count). The van der Waals surface area contributed by atoms with Crippen LogP contribution in [0.4, 0.5) is 11.4 Å². The summed E-state index contributed by atoms with van der Waals surface area (Å²) in [6.45, 7) is 3.91. The number of carbonyl (C=O) groups excluding carboxylic acids is 1. The van der Waals surface area contributed by atoms with E-state index in [1.54, 1.807) is 13.1 Å². The van der Waals surface area contributed by atoms with Crippen LogP contribution in [0.15, 0.2) is 18.2 Å². The second kappa shape index (κ2) is 6.22. The first-order chi connectivity index (χ1) is 8.88. The van der Waals surface area contributed by atoms with Gasteiger partial charge in [-0.2, -0.15) is 0 Å². The van der Waals surface area contributed by atoms with E-state index in [1.165, 1.54) is 17.0 Å². The highest BCUT2D eigenvalue weighted by Crippen LogP contribution is 2.25. The topological polar surface area (TPSA) is 83.6 Å². The molecule has 104 valence electrons. The Hall–Kier alpha value is -2.04. The van der Waals surface area contributed by atoms with Crippen LogP contribution >= 0.6 is 0 Å². The van der Waals surface area contributed by atoms with Gasteiger partial charge in [0, 0.05) is 13.0 Å². The Morgan fingerprint density at radius 2 is 2.05 bits per heavy atom. The summed E-state index contributed by atoms with van der Waals surface area (Å²) in [4.78, 5) is 24.5. The molecule has 0 saturated heterocycles. The number of nitrogens with zero attached hydrogens (tertiary/aromatic N) is 1. The standard InChI is InChI=1S/C14H20N2O3/c1-4-5-9(2)13(17)16(3)12-7-6-10(14(18)19)8-11(12)15/h6-9H,4-5,15H2,1-3H3,(H,18,19). The number of hydrogen-bond donors (Lipinski definition) is 2. The predicted octanol–water partition coefficient (Wildman–Crippen LogP) is 2.37. The zero-order valence-electron chi connectivity index (χ0n) is 11.5. The van der Waals surface area contributed by atoms with Gasteiger partial charge in [0.15, 0.2) is 0 Å². The van der Waals surface area contributed by atoms with Gasteiger partial charge in [0.05, 0.1) is 16.9 Å². The van der Waals surface area contributed by atoms with E-state index in [4.69, 9.17) is 10.8 Å². The summed E-state index contributed by atoms with van der Waals surface area (Å²) in [6, 6.07) is 4.38. The lowest BCUT2D eigenvalue weighted by Crippen LogP contribution is -2.32. The van der Waals surface area contributed by atoms with Gasteiger partial charge in [-0.05, 0) is 24.6 Å². The smallest absolute Gasteiger partial charge is 0.335 e. The SMILES string of the molecule is CCCC(C)C(=O)N(C)c1ccc(C(=O)O)cc1N. The molecule has 0 fully saturated rings. The third-order valence-electron chi connectivity index (χ3n) is 3.11. The van der Waals surface area contributed by atoms with Crippen molar-refractivity contribution in [2.75, 3.05) is 17.7 Å². The van der Waals surface area contributed by atoms with Crippen molar-refractivity contribution < 1.29 is 14.7 Å². The number of hydrogen-bond acceptors (Lipinski definition) is 3. The molecule has 0 aliphatic carbocycles. The fourth-order valence-electron chi connectivity index (χ4n) is 2.00. The molecule has 0 radical (unpaired) electrons. The number of rotatable bonds is 5. The Bertz CT molecular complexity index is 486. The first-order valence-corrected chi connectivity index (χ1v) is 6.28.